The maximum Gasteiger partial charge on any atom is 0.269 e. The first-order valence-corrected chi connectivity index (χ1v) is 7.20. The number of carbonyl (C=O) groups excluding carboxylic acids is 1. The van der Waals surface area contributed by atoms with Crippen molar-refractivity contribution in [2.45, 2.75) is 26.2 Å². The van der Waals surface area contributed by atoms with Crippen LogP contribution in [0.4, 0.5) is 4.39 Å². The molecule has 2 aromatic rings. The number of benzene rings is 1. The van der Waals surface area contributed by atoms with E-state index < -0.39 is 0 Å². The van der Waals surface area contributed by atoms with Gasteiger partial charge in [0.15, 0.2) is 0 Å². The predicted octanol–water partition coefficient (Wildman–Crippen LogP) is 3.15. The Bertz CT molecular complexity index is 622. The van der Waals surface area contributed by atoms with Gasteiger partial charge in [0.1, 0.15) is 11.5 Å². The normalized spacial score (nSPS) is 10.6. The van der Waals surface area contributed by atoms with Gasteiger partial charge in [-0.1, -0.05) is 31.9 Å². The van der Waals surface area contributed by atoms with E-state index in [1.165, 1.54) is 10.7 Å². The average molecular weight is 289 g/mol. The second-order valence-corrected chi connectivity index (χ2v) is 4.98. The van der Waals surface area contributed by atoms with Crippen molar-refractivity contribution < 1.29 is 9.18 Å². The summed E-state index contributed by atoms with van der Waals surface area (Å²) in [5.74, 6) is -0.519. The lowest BCUT2D eigenvalue weighted by atomic mass is 10.1. The number of hydrogen-bond acceptors (Lipinski definition) is 2. The molecule has 2 rings (SSSR count). The van der Waals surface area contributed by atoms with Crippen molar-refractivity contribution in [1.29, 1.82) is 0 Å². The molecule has 5 heteroatoms. The van der Waals surface area contributed by atoms with Crippen LogP contribution in [0.5, 0.6) is 0 Å². The zero-order chi connectivity index (χ0) is 15.2. The van der Waals surface area contributed by atoms with E-state index in [0.717, 1.165) is 19.3 Å². The summed E-state index contributed by atoms with van der Waals surface area (Å²) in [7, 11) is 1.69. The van der Waals surface area contributed by atoms with E-state index in [2.05, 4.69) is 17.3 Å². The molecule has 21 heavy (non-hydrogen) atoms. The first-order chi connectivity index (χ1) is 10.1. The van der Waals surface area contributed by atoms with Gasteiger partial charge in [0, 0.05) is 19.2 Å². The number of amides is 1. The van der Waals surface area contributed by atoms with Gasteiger partial charge in [-0.3, -0.25) is 9.48 Å². The molecule has 1 aromatic carbocycles. The Morgan fingerprint density at radius 3 is 2.81 bits per heavy atom. The van der Waals surface area contributed by atoms with Crippen molar-refractivity contribution in [2.24, 2.45) is 7.05 Å². The topological polar surface area (TPSA) is 46.9 Å². The molecular weight excluding hydrogens is 269 g/mol. The highest BCUT2D eigenvalue weighted by Gasteiger charge is 2.15. The Morgan fingerprint density at radius 1 is 1.33 bits per heavy atom. The molecule has 0 atom stereocenters. The molecule has 0 aliphatic rings. The summed E-state index contributed by atoms with van der Waals surface area (Å²) in [6.45, 7) is 2.76. The maximum atomic E-state index is 13.8. The highest BCUT2D eigenvalue weighted by molar-refractivity contribution is 5.93. The first-order valence-electron chi connectivity index (χ1n) is 7.20. The molecule has 1 amide bonds. The average Bonchev–Trinajstić information content (AvgIpc) is 2.86. The molecule has 4 nitrogen and oxygen atoms in total. The monoisotopic (exact) mass is 289 g/mol. The molecule has 0 aliphatic heterocycles. The second-order valence-electron chi connectivity index (χ2n) is 4.98. The third kappa shape index (κ3) is 3.68. The quantitative estimate of drug-likeness (QED) is 0.830. The smallest absolute Gasteiger partial charge is 0.269 e. The number of rotatable bonds is 6. The van der Waals surface area contributed by atoms with E-state index in [9.17, 15) is 9.18 Å². The van der Waals surface area contributed by atoms with E-state index in [1.807, 2.05) is 0 Å². The highest BCUT2D eigenvalue weighted by Crippen LogP contribution is 2.21. The Hall–Kier alpha value is -2.17. The first kappa shape index (κ1) is 15.2. The van der Waals surface area contributed by atoms with Crippen LogP contribution in [0.25, 0.3) is 11.3 Å². The van der Waals surface area contributed by atoms with Gasteiger partial charge in [-0.05, 0) is 24.6 Å². The Balaban J connectivity index is 2.12. The van der Waals surface area contributed by atoms with Crippen LogP contribution in [0.3, 0.4) is 0 Å². The minimum atomic E-state index is -0.342. The number of aryl methyl sites for hydroxylation is 1. The highest BCUT2D eigenvalue weighted by atomic mass is 19.1. The Morgan fingerprint density at radius 2 is 2.10 bits per heavy atom. The van der Waals surface area contributed by atoms with Crippen molar-refractivity contribution in [1.82, 2.24) is 15.1 Å². The number of carbonyl (C=O) groups is 1. The summed E-state index contributed by atoms with van der Waals surface area (Å²) in [6, 6.07) is 8.03. The van der Waals surface area contributed by atoms with Crippen LogP contribution in [0.15, 0.2) is 30.3 Å². The Kier molecular flexibility index (Phi) is 5.09. The molecule has 0 aliphatic carbocycles. The molecule has 0 bridgehead atoms. The molecule has 112 valence electrons. The van der Waals surface area contributed by atoms with Gasteiger partial charge in [0.25, 0.3) is 5.91 Å². The SMILES string of the molecule is CCCCCNC(=O)c1cc(-c2ccccc2F)nn1C. The van der Waals surface area contributed by atoms with Crippen LogP contribution >= 0.6 is 0 Å². The number of hydrogen-bond donors (Lipinski definition) is 1. The molecule has 0 unspecified atom stereocenters. The summed E-state index contributed by atoms with van der Waals surface area (Å²) in [6.07, 6.45) is 3.16. The summed E-state index contributed by atoms with van der Waals surface area (Å²) in [4.78, 5) is 12.1. The zero-order valence-corrected chi connectivity index (χ0v) is 12.4. The largest absolute Gasteiger partial charge is 0.351 e. The number of nitrogens with zero attached hydrogens (tertiary/aromatic N) is 2. The lowest BCUT2D eigenvalue weighted by Gasteiger charge is -2.04. The van der Waals surface area contributed by atoms with Crippen LogP contribution < -0.4 is 5.32 Å². The van der Waals surface area contributed by atoms with Crippen molar-refractivity contribution >= 4 is 5.91 Å². The fraction of sp³-hybridized carbons (Fsp3) is 0.375. The van der Waals surface area contributed by atoms with Crippen molar-refractivity contribution in [2.75, 3.05) is 6.54 Å². The van der Waals surface area contributed by atoms with E-state index in [0.29, 0.717) is 23.5 Å². The van der Waals surface area contributed by atoms with E-state index in [4.69, 9.17) is 0 Å². The predicted molar refractivity (Wildman–Crippen MR) is 80.5 cm³/mol. The maximum absolute atomic E-state index is 13.8. The van der Waals surface area contributed by atoms with Gasteiger partial charge in [-0.2, -0.15) is 5.10 Å². The number of aromatic nitrogens is 2. The van der Waals surface area contributed by atoms with Crippen molar-refractivity contribution in [3.8, 4) is 11.3 Å². The van der Waals surface area contributed by atoms with Crippen LogP contribution in [-0.2, 0) is 7.05 Å². The van der Waals surface area contributed by atoms with Crippen LogP contribution in [0.1, 0.15) is 36.7 Å². The molecule has 0 spiro atoms. The molecule has 1 N–H and O–H groups in total. The van der Waals surface area contributed by atoms with Crippen LogP contribution in [-0.4, -0.2) is 22.2 Å². The Labute approximate surface area is 124 Å². The number of halogens is 1. The number of unbranched alkanes of at least 4 members (excludes halogenated alkanes) is 2. The van der Waals surface area contributed by atoms with Gasteiger partial charge < -0.3 is 5.32 Å². The zero-order valence-electron chi connectivity index (χ0n) is 12.4. The van der Waals surface area contributed by atoms with E-state index >= 15 is 0 Å². The van der Waals surface area contributed by atoms with Crippen LogP contribution in [0.2, 0.25) is 0 Å². The number of nitrogens with one attached hydrogen (secondary N) is 1. The van der Waals surface area contributed by atoms with Gasteiger partial charge >= 0.3 is 0 Å². The van der Waals surface area contributed by atoms with Gasteiger partial charge in [0.05, 0.1) is 5.69 Å². The fourth-order valence-corrected chi connectivity index (χ4v) is 2.15. The molecule has 0 radical (unpaired) electrons. The fourth-order valence-electron chi connectivity index (χ4n) is 2.15. The lowest BCUT2D eigenvalue weighted by Crippen LogP contribution is -2.26. The summed E-state index contributed by atoms with van der Waals surface area (Å²) >= 11 is 0. The van der Waals surface area contributed by atoms with Gasteiger partial charge in [-0.15, -0.1) is 0 Å². The molecule has 1 heterocycles. The second kappa shape index (κ2) is 7.02. The van der Waals surface area contributed by atoms with Crippen LogP contribution in [0, 0.1) is 5.82 Å². The molecule has 0 saturated heterocycles. The summed E-state index contributed by atoms with van der Waals surface area (Å²) in [5.41, 5.74) is 1.30. The molecule has 0 fully saturated rings. The minimum Gasteiger partial charge on any atom is -0.351 e. The van der Waals surface area contributed by atoms with E-state index in [1.54, 1.807) is 31.3 Å². The molecule has 0 saturated carbocycles. The summed E-state index contributed by atoms with van der Waals surface area (Å²) < 4.78 is 15.2. The third-order valence-electron chi connectivity index (χ3n) is 3.33. The molecular formula is C16H20FN3O. The minimum absolute atomic E-state index is 0.177. The van der Waals surface area contributed by atoms with Crippen molar-refractivity contribution in [3.05, 3.63) is 41.8 Å². The standard InChI is InChI=1S/C16H20FN3O/c1-3-4-7-10-18-16(21)15-11-14(19-20(15)2)12-8-5-6-9-13(12)17/h5-6,8-9,11H,3-4,7,10H2,1-2H3,(H,18,21). The van der Waals surface area contributed by atoms with Gasteiger partial charge in [-0.25, -0.2) is 4.39 Å². The third-order valence-corrected chi connectivity index (χ3v) is 3.33. The van der Waals surface area contributed by atoms with Gasteiger partial charge in [0.2, 0.25) is 0 Å². The molecule has 1 aromatic heterocycles. The van der Waals surface area contributed by atoms with E-state index in [-0.39, 0.29) is 11.7 Å². The summed E-state index contributed by atoms with van der Waals surface area (Å²) in [5, 5.41) is 7.08. The van der Waals surface area contributed by atoms with Crippen molar-refractivity contribution in [3.63, 3.8) is 0 Å². The lowest BCUT2D eigenvalue weighted by molar-refractivity contribution is 0.0943.